The van der Waals surface area contributed by atoms with E-state index in [1.165, 1.54) is 5.56 Å². The van der Waals surface area contributed by atoms with Gasteiger partial charge in [0.25, 0.3) is 0 Å². The Morgan fingerprint density at radius 2 is 1.85 bits per heavy atom. The van der Waals surface area contributed by atoms with E-state index in [2.05, 4.69) is 18.0 Å². The van der Waals surface area contributed by atoms with Crippen molar-refractivity contribution in [2.75, 3.05) is 27.4 Å². The van der Waals surface area contributed by atoms with Gasteiger partial charge < -0.3 is 19.5 Å². The molecule has 1 N–H and O–H groups in total. The summed E-state index contributed by atoms with van der Waals surface area (Å²) in [6.45, 7) is 5.54. The van der Waals surface area contributed by atoms with Crippen molar-refractivity contribution in [1.29, 1.82) is 0 Å². The molecule has 0 aromatic heterocycles. The number of hydrogen-bond acceptors (Lipinski definition) is 4. The molecule has 0 atom stereocenters. The van der Waals surface area contributed by atoms with Gasteiger partial charge in [-0.05, 0) is 42.3 Å². The van der Waals surface area contributed by atoms with Crippen LogP contribution in [0.15, 0.2) is 49.1 Å². The van der Waals surface area contributed by atoms with E-state index in [9.17, 15) is 0 Å². The lowest BCUT2D eigenvalue weighted by Crippen LogP contribution is -2.17. The van der Waals surface area contributed by atoms with Gasteiger partial charge in [0.05, 0.1) is 19.2 Å². The van der Waals surface area contributed by atoms with E-state index >= 15 is 0 Å². The van der Waals surface area contributed by atoms with E-state index in [1.54, 1.807) is 20.3 Å². The molecule has 0 fully saturated rings. The Hall–Kier alpha value is -1.88. The molecule has 0 saturated heterocycles. The van der Waals surface area contributed by atoms with Gasteiger partial charge in [-0.15, -0.1) is 12.4 Å². The average Bonchev–Trinajstić information content (AvgIpc) is 2.64. The Labute approximate surface area is 166 Å². The maximum absolute atomic E-state index is 6.31. The summed E-state index contributed by atoms with van der Waals surface area (Å²) in [7, 11) is 3.29. The first kappa shape index (κ1) is 22.2. The molecule has 0 amide bonds. The maximum Gasteiger partial charge on any atom is 0.180 e. The highest BCUT2D eigenvalue weighted by Gasteiger charge is 2.11. The second-order valence-corrected chi connectivity index (χ2v) is 5.85. The van der Waals surface area contributed by atoms with Crippen LogP contribution in [0, 0.1) is 0 Å². The molecular weight excluding hydrogens is 373 g/mol. The van der Waals surface area contributed by atoms with Crippen molar-refractivity contribution in [3.8, 4) is 17.2 Å². The van der Waals surface area contributed by atoms with Crippen LogP contribution in [-0.4, -0.2) is 27.4 Å². The number of nitrogens with one attached hydrogen (secondary N) is 1. The number of halogens is 2. The summed E-state index contributed by atoms with van der Waals surface area (Å²) in [4.78, 5) is 0. The largest absolute Gasteiger partial charge is 0.496 e. The standard InChI is InChI=1S/C20H24ClNO3.ClH/c1-4-11-25-20-17(21)12-15(13-19(20)24-3)14-22-10-9-16-7-5-6-8-18(16)23-2;/h4-8,12-13,22H,1,9-11,14H2,2-3H3;1H. The number of hydrogen-bond donors (Lipinski definition) is 1. The van der Waals surface area contributed by atoms with E-state index in [4.69, 9.17) is 25.8 Å². The van der Waals surface area contributed by atoms with Gasteiger partial charge in [0.1, 0.15) is 12.4 Å². The summed E-state index contributed by atoms with van der Waals surface area (Å²) in [6, 6.07) is 11.9. The third-order valence-electron chi connectivity index (χ3n) is 3.73. The molecule has 142 valence electrons. The average molecular weight is 398 g/mol. The monoisotopic (exact) mass is 397 g/mol. The normalized spacial score (nSPS) is 9.96. The third-order valence-corrected chi connectivity index (χ3v) is 4.01. The van der Waals surface area contributed by atoms with Crippen molar-refractivity contribution in [1.82, 2.24) is 5.32 Å². The summed E-state index contributed by atoms with van der Waals surface area (Å²) >= 11 is 6.31. The molecule has 4 nitrogen and oxygen atoms in total. The van der Waals surface area contributed by atoms with Gasteiger partial charge in [-0.2, -0.15) is 0 Å². The molecular formula is C20H25Cl2NO3. The molecule has 0 saturated carbocycles. The van der Waals surface area contributed by atoms with Gasteiger partial charge in [-0.3, -0.25) is 0 Å². The predicted molar refractivity (Wildman–Crippen MR) is 109 cm³/mol. The van der Waals surface area contributed by atoms with Crippen molar-refractivity contribution in [3.63, 3.8) is 0 Å². The Morgan fingerprint density at radius 3 is 2.54 bits per heavy atom. The molecule has 0 heterocycles. The van der Waals surface area contributed by atoms with Gasteiger partial charge >= 0.3 is 0 Å². The minimum atomic E-state index is 0. The first-order valence-electron chi connectivity index (χ1n) is 8.12. The lowest BCUT2D eigenvalue weighted by Gasteiger charge is -2.14. The third kappa shape index (κ3) is 6.13. The lowest BCUT2D eigenvalue weighted by molar-refractivity contribution is 0.326. The molecule has 2 rings (SSSR count). The van der Waals surface area contributed by atoms with Crippen molar-refractivity contribution in [3.05, 3.63) is 65.2 Å². The minimum Gasteiger partial charge on any atom is -0.496 e. The molecule has 0 bridgehead atoms. The molecule has 2 aromatic carbocycles. The number of benzene rings is 2. The Kier molecular flexibility index (Phi) is 9.96. The summed E-state index contributed by atoms with van der Waals surface area (Å²) < 4.78 is 16.3. The number of para-hydroxylation sites is 1. The summed E-state index contributed by atoms with van der Waals surface area (Å²) in [5.74, 6) is 2.08. The van der Waals surface area contributed by atoms with Crippen LogP contribution in [0.2, 0.25) is 5.02 Å². The quantitative estimate of drug-likeness (QED) is 0.466. The highest BCUT2D eigenvalue weighted by atomic mass is 35.5. The summed E-state index contributed by atoms with van der Waals surface area (Å²) in [6.07, 6.45) is 2.55. The fourth-order valence-electron chi connectivity index (χ4n) is 2.52. The van der Waals surface area contributed by atoms with Crippen molar-refractivity contribution in [2.45, 2.75) is 13.0 Å². The van der Waals surface area contributed by atoms with Crippen LogP contribution in [-0.2, 0) is 13.0 Å². The molecule has 0 spiro atoms. The summed E-state index contributed by atoms with van der Waals surface area (Å²) in [5, 5.41) is 3.95. The van der Waals surface area contributed by atoms with Gasteiger partial charge in [0, 0.05) is 6.54 Å². The molecule has 0 aliphatic heterocycles. The fraction of sp³-hybridized carbons (Fsp3) is 0.300. The van der Waals surface area contributed by atoms with Crippen LogP contribution in [0.3, 0.4) is 0 Å². The second kappa shape index (κ2) is 11.7. The second-order valence-electron chi connectivity index (χ2n) is 5.45. The minimum absolute atomic E-state index is 0. The van der Waals surface area contributed by atoms with E-state index in [0.29, 0.717) is 29.7 Å². The highest BCUT2D eigenvalue weighted by Crippen LogP contribution is 2.36. The van der Waals surface area contributed by atoms with Gasteiger partial charge in [0.15, 0.2) is 11.5 Å². The van der Waals surface area contributed by atoms with Gasteiger partial charge in [-0.1, -0.05) is 42.5 Å². The fourth-order valence-corrected chi connectivity index (χ4v) is 2.81. The maximum atomic E-state index is 6.31. The lowest BCUT2D eigenvalue weighted by atomic mass is 10.1. The zero-order valence-electron chi connectivity index (χ0n) is 15.1. The van der Waals surface area contributed by atoms with Crippen LogP contribution >= 0.6 is 24.0 Å². The van der Waals surface area contributed by atoms with E-state index in [0.717, 1.165) is 24.3 Å². The van der Waals surface area contributed by atoms with Crippen LogP contribution in [0.5, 0.6) is 17.2 Å². The SMILES string of the molecule is C=CCOc1c(Cl)cc(CNCCc2ccccc2OC)cc1OC.Cl. The zero-order chi connectivity index (χ0) is 18.1. The molecule has 2 aromatic rings. The Balaban J connectivity index is 0.00000338. The highest BCUT2D eigenvalue weighted by molar-refractivity contribution is 6.32. The Bertz CT molecular complexity index is 707. The number of methoxy groups -OCH3 is 2. The van der Waals surface area contributed by atoms with E-state index in [-0.39, 0.29) is 12.4 Å². The summed E-state index contributed by atoms with van der Waals surface area (Å²) in [5.41, 5.74) is 2.22. The molecule has 0 aliphatic carbocycles. The number of rotatable bonds is 10. The molecule has 26 heavy (non-hydrogen) atoms. The molecule has 0 unspecified atom stereocenters. The first-order chi connectivity index (χ1) is 12.2. The van der Waals surface area contributed by atoms with E-state index in [1.807, 2.05) is 30.3 Å². The van der Waals surface area contributed by atoms with Crippen LogP contribution in [0.4, 0.5) is 0 Å². The van der Waals surface area contributed by atoms with Crippen molar-refractivity contribution in [2.24, 2.45) is 0 Å². The Morgan fingerprint density at radius 1 is 1.12 bits per heavy atom. The van der Waals surface area contributed by atoms with Gasteiger partial charge in [0.2, 0.25) is 0 Å². The predicted octanol–water partition coefficient (Wildman–Crippen LogP) is 4.68. The number of ether oxygens (including phenoxy) is 3. The first-order valence-corrected chi connectivity index (χ1v) is 8.50. The molecule has 0 radical (unpaired) electrons. The van der Waals surface area contributed by atoms with Crippen LogP contribution < -0.4 is 19.5 Å². The van der Waals surface area contributed by atoms with Crippen LogP contribution in [0.25, 0.3) is 0 Å². The topological polar surface area (TPSA) is 39.7 Å². The van der Waals surface area contributed by atoms with Gasteiger partial charge in [-0.25, -0.2) is 0 Å². The van der Waals surface area contributed by atoms with Crippen molar-refractivity contribution < 1.29 is 14.2 Å². The van der Waals surface area contributed by atoms with Crippen LogP contribution in [0.1, 0.15) is 11.1 Å². The zero-order valence-corrected chi connectivity index (χ0v) is 16.7. The smallest absolute Gasteiger partial charge is 0.180 e. The molecule has 6 heteroatoms. The van der Waals surface area contributed by atoms with Crippen molar-refractivity contribution >= 4 is 24.0 Å². The molecule has 0 aliphatic rings. The van der Waals surface area contributed by atoms with E-state index < -0.39 is 0 Å².